The van der Waals surface area contributed by atoms with Crippen molar-refractivity contribution in [2.45, 2.75) is 43.7 Å². The number of rotatable bonds is 1. The summed E-state index contributed by atoms with van der Waals surface area (Å²) < 4.78 is 0. The van der Waals surface area contributed by atoms with Crippen LogP contribution in [0, 0.1) is 0 Å². The summed E-state index contributed by atoms with van der Waals surface area (Å²) in [5, 5.41) is 20.5. The third kappa shape index (κ3) is 1.44. The molecule has 0 unspecified atom stereocenters. The Morgan fingerprint density at radius 3 is 2.94 bits per heavy atom. The van der Waals surface area contributed by atoms with Gasteiger partial charge < -0.3 is 15.1 Å². The summed E-state index contributed by atoms with van der Waals surface area (Å²) in [6, 6.07) is 5.86. The Hall–Kier alpha value is -1.06. The molecule has 0 amide bonds. The first kappa shape index (κ1) is 12.0. The average molecular weight is 247 g/mol. The standard InChI is InChI=1S/C15H21NO2/c1-3-15-6-7-16(2)13(14(15)18)8-10-4-5-11(17)9-12(10)15/h4-5,9,13-14,17-18H,3,6-8H2,1-2H3/t13-,14-,15-/m0/s1. The number of piperidine rings is 1. The lowest BCUT2D eigenvalue weighted by Crippen LogP contribution is -2.62. The minimum absolute atomic E-state index is 0.163. The molecule has 3 atom stereocenters. The second-order valence-electron chi connectivity index (χ2n) is 5.80. The van der Waals surface area contributed by atoms with Crippen molar-refractivity contribution in [1.29, 1.82) is 0 Å². The molecule has 18 heavy (non-hydrogen) atoms. The summed E-state index contributed by atoms with van der Waals surface area (Å²) in [5.41, 5.74) is 2.29. The molecule has 1 aliphatic carbocycles. The van der Waals surface area contributed by atoms with E-state index in [1.165, 1.54) is 11.1 Å². The maximum absolute atomic E-state index is 10.7. The fourth-order valence-electron chi connectivity index (χ4n) is 3.87. The first-order valence-electron chi connectivity index (χ1n) is 6.79. The summed E-state index contributed by atoms with van der Waals surface area (Å²) in [6.45, 7) is 3.16. The van der Waals surface area contributed by atoms with Crippen molar-refractivity contribution in [3.63, 3.8) is 0 Å². The number of hydrogen-bond acceptors (Lipinski definition) is 3. The number of aliphatic hydroxyl groups is 1. The monoisotopic (exact) mass is 247 g/mol. The van der Waals surface area contributed by atoms with Crippen LogP contribution in [-0.4, -0.2) is 40.9 Å². The molecule has 3 nitrogen and oxygen atoms in total. The number of aromatic hydroxyl groups is 1. The zero-order valence-corrected chi connectivity index (χ0v) is 11.1. The number of likely N-dealkylation sites (N-methyl/N-ethyl adjacent to an activating group) is 1. The third-order valence-corrected chi connectivity index (χ3v) is 5.10. The molecule has 1 fully saturated rings. The number of fused-ring (bicyclic) bond motifs is 4. The molecule has 2 N–H and O–H groups in total. The van der Waals surface area contributed by atoms with Crippen LogP contribution in [0.2, 0.25) is 0 Å². The Morgan fingerprint density at radius 2 is 2.22 bits per heavy atom. The lowest BCUT2D eigenvalue weighted by molar-refractivity contribution is -0.0496. The summed E-state index contributed by atoms with van der Waals surface area (Å²) in [4.78, 5) is 2.27. The van der Waals surface area contributed by atoms with Gasteiger partial charge in [-0.1, -0.05) is 13.0 Å². The smallest absolute Gasteiger partial charge is 0.115 e. The van der Waals surface area contributed by atoms with Crippen molar-refractivity contribution >= 4 is 0 Å². The fraction of sp³-hybridized carbons (Fsp3) is 0.600. The number of nitrogens with zero attached hydrogens (tertiary/aromatic N) is 1. The van der Waals surface area contributed by atoms with E-state index < -0.39 is 0 Å². The summed E-state index contributed by atoms with van der Waals surface area (Å²) in [7, 11) is 2.10. The Kier molecular flexibility index (Phi) is 2.65. The first-order chi connectivity index (χ1) is 8.58. The summed E-state index contributed by atoms with van der Waals surface area (Å²) >= 11 is 0. The largest absolute Gasteiger partial charge is 0.508 e. The first-order valence-corrected chi connectivity index (χ1v) is 6.79. The maximum Gasteiger partial charge on any atom is 0.115 e. The zero-order chi connectivity index (χ0) is 12.9. The van der Waals surface area contributed by atoms with Crippen LogP contribution in [0.25, 0.3) is 0 Å². The normalized spacial score (nSPS) is 35.3. The molecule has 1 aromatic carbocycles. The average Bonchev–Trinajstić information content (AvgIpc) is 2.36. The summed E-state index contributed by atoms with van der Waals surface area (Å²) in [5.74, 6) is 0.311. The van der Waals surface area contributed by atoms with Crippen LogP contribution >= 0.6 is 0 Å². The van der Waals surface area contributed by atoms with Gasteiger partial charge in [-0.05, 0) is 56.1 Å². The van der Waals surface area contributed by atoms with Gasteiger partial charge in [-0.2, -0.15) is 0 Å². The van der Waals surface area contributed by atoms with Crippen molar-refractivity contribution in [3.8, 4) is 5.75 Å². The molecule has 1 aliphatic heterocycles. The number of likely N-dealkylation sites (tertiary alicyclic amines) is 1. The highest BCUT2D eigenvalue weighted by molar-refractivity contribution is 5.45. The molecule has 3 rings (SSSR count). The number of aliphatic hydroxyl groups excluding tert-OH is 1. The highest BCUT2D eigenvalue weighted by Gasteiger charge is 2.50. The maximum atomic E-state index is 10.7. The second kappa shape index (κ2) is 3.97. The van der Waals surface area contributed by atoms with Crippen molar-refractivity contribution in [1.82, 2.24) is 4.90 Å². The van der Waals surface area contributed by atoms with Crippen molar-refractivity contribution in [3.05, 3.63) is 29.3 Å². The molecule has 1 aromatic rings. The van der Waals surface area contributed by atoms with Crippen molar-refractivity contribution < 1.29 is 10.2 Å². The molecule has 0 saturated carbocycles. The highest BCUT2D eigenvalue weighted by atomic mass is 16.3. The molecule has 1 saturated heterocycles. The Labute approximate surface area is 108 Å². The highest BCUT2D eigenvalue weighted by Crippen LogP contribution is 2.47. The van der Waals surface area contributed by atoms with Crippen LogP contribution < -0.4 is 0 Å². The molecule has 3 heteroatoms. The SMILES string of the molecule is CC[C@]12CCN(C)[C@@H](Cc3ccc(O)cc31)[C@@H]2O. The van der Waals surface area contributed by atoms with E-state index in [0.717, 1.165) is 25.8 Å². The number of phenolic OH excluding ortho intramolecular Hbond substituents is 1. The molecule has 98 valence electrons. The van der Waals surface area contributed by atoms with Gasteiger partial charge in [-0.25, -0.2) is 0 Å². The minimum atomic E-state index is -0.324. The number of benzene rings is 1. The van der Waals surface area contributed by atoms with Crippen LogP contribution in [0.15, 0.2) is 18.2 Å². The van der Waals surface area contributed by atoms with E-state index in [1.54, 1.807) is 6.07 Å². The van der Waals surface area contributed by atoms with E-state index in [9.17, 15) is 10.2 Å². The van der Waals surface area contributed by atoms with E-state index >= 15 is 0 Å². The van der Waals surface area contributed by atoms with E-state index in [1.807, 2.05) is 12.1 Å². The quantitative estimate of drug-likeness (QED) is 0.793. The summed E-state index contributed by atoms with van der Waals surface area (Å²) in [6.07, 6.45) is 2.45. The molecule has 2 bridgehead atoms. The van der Waals surface area contributed by atoms with Crippen LogP contribution in [-0.2, 0) is 11.8 Å². The Balaban J connectivity index is 2.18. The molecular formula is C15H21NO2. The lowest BCUT2D eigenvalue weighted by atomic mass is 9.60. The number of phenols is 1. The Morgan fingerprint density at radius 1 is 1.44 bits per heavy atom. The predicted molar refractivity (Wildman–Crippen MR) is 70.8 cm³/mol. The topological polar surface area (TPSA) is 43.7 Å². The van der Waals surface area contributed by atoms with Crippen LogP contribution in [0.3, 0.4) is 0 Å². The van der Waals surface area contributed by atoms with E-state index in [-0.39, 0.29) is 17.6 Å². The van der Waals surface area contributed by atoms with E-state index in [4.69, 9.17) is 0 Å². The molecule has 0 radical (unpaired) electrons. The fourth-order valence-corrected chi connectivity index (χ4v) is 3.87. The van der Waals surface area contributed by atoms with Crippen molar-refractivity contribution in [2.75, 3.05) is 13.6 Å². The third-order valence-electron chi connectivity index (χ3n) is 5.10. The molecule has 1 heterocycles. The van der Waals surface area contributed by atoms with Crippen LogP contribution in [0.4, 0.5) is 0 Å². The van der Waals surface area contributed by atoms with Gasteiger partial charge in [0, 0.05) is 11.5 Å². The van der Waals surface area contributed by atoms with Gasteiger partial charge in [0.15, 0.2) is 0 Å². The van der Waals surface area contributed by atoms with Gasteiger partial charge in [-0.15, -0.1) is 0 Å². The van der Waals surface area contributed by atoms with Gasteiger partial charge in [0.1, 0.15) is 5.75 Å². The number of hydrogen-bond donors (Lipinski definition) is 2. The van der Waals surface area contributed by atoms with Gasteiger partial charge in [0.2, 0.25) is 0 Å². The van der Waals surface area contributed by atoms with Gasteiger partial charge >= 0.3 is 0 Å². The molecule has 2 aliphatic rings. The van der Waals surface area contributed by atoms with E-state index in [0.29, 0.717) is 5.75 Å². The molecule has 0 aromatic heterocycles. The lowest BCUT2D eigenvalue weighted by Gasteiger charge is -2.53. The van der Waals surface area contributed by atoms with Gasteiger partial charge in [-0.3, -0.25) is 0 Å². The molecular weight excluding hydrogens is 226 g/mol. The zero-order valence-electron chi connectivity index (χ0n) is 11.1. The minimum Gasteiger partial charge on any atom is -0.508 e. The Bertz CT molecular complexity index is 474. The van der Waals surface area contributed by atoms with E-state index in [2.05, 4.69) is 18.9 Å². The van der Waals surface area contributed by atoms with Gasteiger partial charge in [0.05, 0.1) is 6.10 Å². The van der Waals surface area contributed by atoms with Gasteiger partial charge in [0.25, 0.3) is 0 Å². The second-order valence-corrected chi connectivity index (χ2v) is 5.80. The van der Waals surface area contributed by atoms with Crippen molar-refractivity contribution in [2.24, 2.45) is 0 Å². The van der Waals surface area contributed by atoms with Crippen LogP contribution in [0.1, 0.15) is 30.9 Å². The predicted octanol–water partition coefficient (Wildman–Crippen LogP) is 1.66. The molecule has 0 spiro atoms. The van der Waals surface area contributed by atoms with Crippen LogP contribution in [0.5, 0.6) is 5.75 Å².